The van der Waals surface area contributed by atoms with Crippen LogP contribution in [0.15, 0.2) is 84.9 Å². The van der Waals surface area contributed by atoms with Gasteiger partial charge in [0.05, 0.1) is 0 Å². The maximum absolute atomic E-state index is 13.8. The van der Waals surface area contributed by atoms with Crippen LogP contribution in [0.4, 0.5) is 4.79 Å². The first kappa shape index (κ1) is 31.3. The van der Waals surface area contributed by atoms with Gasteiger partial charge >= 0.3 is 6.03 Å². The summed E-state index contributed by atoms with van der Waals surface area (Å²) in [5.41, 5.74) is 12.8. The minimum atomic E-state index is 0.138. The lowest BCUT2D eigenvalue weighted by molar-refractivity contribution is 0.152. The number of amides is 2. The third-order valence-corrected chi connectivity index (χ3v) is 11.7. The Morgan fingerprint density at radius 2 is 0.938 bits per heavy atom. The van der Waals surface area contributed by atoms with Gasteiger partial charge in [-0.25, -0.2) is 4.79 Å². The van der Waals surface area contributed by atoms with Crippen LogP contribution in [0, 0.1) is 0 Å². The summed E-state index contributed by atoms with van der Waals surface area (Å²) in [6, 6.07) is 33.3. The molecule has 5 heteroatoms. The SMILES string of the molecule is CC1CCCN1CCc1ccc(-c2ccc3c(c2)CN(C(=O)N2Cc4ccc(-c5ccc(CCN6CCCC6C)cc5)cc4C2)C3)cc1. The van der Waals surface area contributed by atoms with Crippen LogP contribution in [0.3, 0.4) is 0 Å². The maximum Gasteiger partial charge on any atom is 0.321 e. The van der Waals surface area contributed by atoms with E-state index in [2.05, 4.69) is 109 Å². The molecule has 0 N–H and O–H groups in total. The standard InChI is InChI=1S/C43H50N4O/c1-31-5-3-21-44(31)23-19-33-7-11-35(12-8-33)37-15-17-39-27-46(29-41(39)25-37)43(48)47-28-40-18-16-38(26-42(40)30-47)36-13-9-34(10-14-36)20-24-45-22-4-6-32(45)2/h7-18,25-26,31-32H,3-6,19-24,27-30H2,1-2H3. The lowest BCUT2D eigenvalue weighted by Gasteiger charge is -2.23. The first-order valence-electron chi connectivity index (χ1n) is 18.4. The molecule has 0 saturated carbocycles. The number of nitrogens with zero attached hydrogens (tertiary/aromatic N) is 4. The Kier molecular flexibility index (Phi) is 8.83. The number of carbonyl (C=O) groups is 1. The monoisotopic (exact) mass is 638 g/mol. The average molecular weight is 639 g/mol. The van der Waals surface area contributed by atoms with Crippen molar-refractivity contribution in [1.82, 2.24) is 19.6 Å². The van der Waals surface area contributed by atoms with Crippen LogP contribution < -0.4 is 0 Å². The molecule has 2 atom stereocenters. The highest BCUT2D eigenvalue weighted by Crippen LogP contribution is 2.33. The Morgan fingerprint density at radius 1 is 0.542 bits per heavy atom. The molecule has 8 rings (SSSR count). The fourth-order valence-electron chi connectivity index (χ4n) is 8.54. The van der Waals surface area contributed by atoms with E-state index in [0.717, 1.165) is 38.0 Å². The molecule has 0 spiro atoms. The van der Waals surface area contributed by atoms with Gasteiger partial charge in [0.2, 0.25) is 0 Å². The largest absolute Gasteiger partial charge is 0.321 e. The third-order valence-electron chi connectivity index (χ3n) is 11.7. The van der Waals surface area contributed by atoms with Crippen molar-refractivity contribution in [2.45, 2.75) is 90.6 Å². The molecule has 0 bridgehead atoms. The number of carbonyl (C=O) groups excluding carboxylic acids is 1. The van der Waals surface area contributed by atoms with E-state index in [-0.39, 0.29) is 6.03 Å². The van der Waals surface area contributed by atoms with E-state index in [1.807, 2.05) is 9.80 Å². The van der Waals surface area contributed by atoms with Crippen LogP contribution in [0.25, 0.3) is 22.3 Å². The summed E-state index contributed by atoms with van der Waals surface area (Å²) in [6.45, 7) is 12.2. The van der Waals surface area contributed by atoms with Crippen LogP contribution in [-0.4, -0.2) is 63.9 Å². The van der Waals surface area contributed by atoms with Crippen molar-refractivity contribution < 1.29 is 4.79 Å². The van der Waals surface area contributed by atoms with E-state index in [9.17, 15) is 4.79 Å². The molecule has 4 aromatic carbocycles. The summed E-state index contributed by atoms with van der Waals surface area (Å²) in [5.74, 6) is 0. The average Bonchev–Trinajstić information content (AvgIpc) is 3.92. The van der Waals surface area contributed by atoms with E-state index in [1.165, 1.54) is 94.4 Å². The molecule has 4 aliphatic heterocycles. The summed E-state index contributed by atoms with van der Waals surface area (Å²) >= 11 is 0. The first-order valence-corrected chi connectivity index (χ1v) is 18.4. The van der Waals surface area contributed by atoms with Crippen LogP contribution in [0.5, 0.6) is 0 Å². The van der Waals surface area contributed by atoms with Gasteiger partial charge in [-0.05, 0) is 133 Å². The summed E-state index contributed by atoms with van der Waals surface area (Å²) in [6.07, 6.45) is 7.56. The fourth-order valence-corrected chi connectivity index (χ4v) is 8.54. The van der Waals surface area contributed by atoms with E-state index < -0.39 is 0 Å². The molecular formula is C43H50N4O. The second-order valence-corrected chi connectivity index (χ2v) is 14.9. The molecule has 2 unspecified atom stereocenters. The zero-order chi connectivity index (χ0) is 32.6. The molecule has 0 radical (unpaired) electrons. The summed E-state index contributed by atoms with van der Waals surface area (Å²) in [5, 5.41) is 0. The van der Waals surface area contributed by atoms with Crippen LogP contribution >= 0.6 is 0 Å². The van der Waals surface area contributed by atoms with Crippen molar-refractivity contribution >= 4 is 6.03 Å². The molecule has 4 aromatic rings. The maximum atomic E-state index is 13.8. The Hall–Kier alpha value is -3.93. The number of rotatable bonds is 8. The predicted octanol–water partition coefficient (Wildman–Crippen LogP) is 8.53. The first-order chi connectivity index (χ1) is 23.5. The zero-order valence-electron chi connectivity index (χ0n) is 28.8. The predicted molar refractivity (Wildman–Crippen MR) is 196 cm³/mol. The van der Waals surface area contributed by atoms with Gasteiger partial charge in [0.15, 0.2) is 0 Å². The van der Waals surface area contributed by atoms with Crippen molar-refractivity contribution in [1.29, 1.82) is 0 Å². The Balaban J connectivity index is 0.864. The molecule has 248 valence electrons. The summed E-state index contributed by atoms with van der Waals surface area (Å²) < 4.78 is 0. The number of hydrogen-bond acceptors (Lipinski definition) is 3. The number of benzene rings is 4. The minimum Gasteiger partial charge on any atom is -0.316 e. The smallest absolute Gasteiger partial charge is 0.316 e. The van der Waals surface area contributed by atoms with Gasteiger partial charge in [0.25, 0.3) is 0 Å². The highest BCUT2D eigenvalue weighted by atomic mass is 16.2. The second-order valence-electron chi connectivity index (χ2n) is 14.9. The van der Waals surface area contributed by atoms with Crippen molar-refractivity contribution in [3.8, 4) is 22.3 Å². The molecular weight excluding hydrogens is 589 g/mol. The molecule has 5 nitrogen and oxygen atoms in total. The van der Waals surface area contributed by atoms with Gasteiger partial charge in [-0.2, -0.15) is 0 Å². The Morgan fingerprint density at radius 3 is 1.33 bits per heavy atom. The third kappa shape index (κ3) is 6.55. The molecule has 48 heavy (non-hydrogen) atoms. The van der Waals surface area contributed by atoms with Gasteiger partial charge in [-0.15, -0.1) is 0 Å². The molecule has 4 aliphatic rings. The van der Waals surface area contributed by atoms with Gasteiger partial charge in [-0.3, -0.25) is 0 Å². The van der Waals surface area contributed by atoms with E-state index in [1.54, 1.807) is 0 Å². The van der Waals surface area contributed by atoms with E-state index >= 15 is 0 Å². The number of urea groups is 1. The number of hydrogen-bond donors (Lipinski definition) is 0. The van der Waals surface area contributed by atoms with Gasteiger partial charge in [-0.1, -0.05) is 72.8 Å². The topological polar surface area (TPSA) is 30.0 Å². The molecule has 2 saturated heterocycles. The Labute approximate surface area is 287 Å². The van der Waals surface area contributed by atoms with Crippen molar-refractivity contribution in [3.63, 3.8) is 0 Å². The highest BCUT2D eigenvalue weighted by Gasteiger charge is 2.31. The summed E-state index contributed by atoms with van der Waals surface area (Å²) in [7, 11) is 0. The minimum absolute atomic E-state index is 0.138. The molecule has 2 amide bonds. The van der Waals surface area contributed by atoms with E-state index in [4.69, 9.17) is 0 Å². The second kappa shape index (κ2) is 13.5. The summed E-state index contributed by atoms with van der Waals surface area (Å²) in [4.78, 5) is 23.0. The normalized spacial score (nSPS) is 20.9. The molecule has 0 aliphatic carbocycles. The highest BCUT2D eigenvalue weighted by molar-refractivity contribution is 5.77. The Bertz CT molecular complexity index is 1630. The number of fused-ring (bicyclic) bond motifs is 2. The number of likely N-dealkylation sites (tertiary alicyclic amines) is 2. The quantitative estimate of drug-likeness (QED) is 0.194. The van der Waals surface area contributed by atoms with Crippen LogP contribution in [0.1, 0.15) is 72.9 Å². The zero-order valence-corrected chi connectivity index (χ0v) is 28.8. The fraction of sp³-hybridized carbons (Fsp3) is 0.419. The molecule has 4 heterocycles. The van der Waals surface area contributed by atoms with Crippen molar-refractivity contribution in [2.24, 2.45) is 0 Å². The lowest BCUT2D eigenvalue weighted by atomic mass is 9.99. The van der Waals surface area contributed by atoms with Gasteiger partial charge in [0, 0.05) is 51.4 Å². The lowest BCUT2D eigenvalue weighted by Crippen LogP contribution is -2.37. The van der Waals surface area contributed by atoms with E-state index in [0.29, 0.717) is 26.2 Å². The van der Waals surface area contributed by atoms with Gasteiger partial charge < -0.3 is 19.6 Å². The molecule has 2 fully saturated rings. The van der Waals surface area contributed by atoms with Crippen molar-refractivity contribution in [3.05, 3.63) is 118 Å². The van der Waals surface area contributed by atoms with Gasteiger partial charge in [0.1, 0.15) is 0 Å². The van der Waals surface area contributed by atoms with Crippen LogP contribution in [0.2, 0.25) is 0 Å². The molecule has 0 aromatic heterocycles. The van der Waals surface area contributed by atoms with Crippen LogP contribution in [-0.2, 0) is 39.0 Å². The van der Waals surface area contributed by atoms with Crippen molar-refractivity contribution in [2.75, 3.05) is 26.2 Å².